The molecule has 2 N–H and O–H groups in total. The lowest BCUT2D eigenvalue weighted by Gasteiger charge is -2.05. The first-order chi connectivity index (χ1) is 11.2. The average molecular weight is 331 g/mol. The van der Waals surface area contributed by atoms with E-state index in [1.165, 1.54) is 0 Å². The van der Waals surface area contributed by atoms with Crippen LogP contribution in [0.4, 0.5) is 0 Å². The number of hydrogen-bond acceptors (Lipinski definition) is 4. The van der Waals surface area contributed by atoms with Crippen LogP contribution in [0.5, 0.6) is 0 Å². The van der Waals surface area contributed by atoms with E-state index in [4.69, 9.17) is 4.74 Å². The second-order valence-electron chi connectivity index (χ2n) is 5.07. The van der Waals surface area contributed by atoms with Crippen LogP contribution in [-0.4, -0.2) is 29.2 Å². The van der Waals surface area contributed by atoms with Crippen molar-refractivity contribution in [2.24, 2.45) is 0 Å². The Hall–Kier alpha value is -2.38. The van der Waals surface area contributed by atoms with E-state index in [1.54, 1.807) is 41.2 Å². The largest absolute Gasteiger partial charge is 0.383 e. The number of rotatable bonds is 6. The topological polar surface area (TPSA) is 76.1 Å². The fourth-order valence-electron chi connectivity index (χ4n) is 2.39. The van der Waals surface area contributed by atoms with Gasteiger partial charge in [0.05, 0.1) is 30.7 Å². The quantitative estimate of drug-likeness (QED) is 0.725. The normalized spacial score (nSPS) is 11.0. The van der Waals surface area contributed by atoms with Crippen LogP contribution in [0.3, 0.4) is 0 Å². The number of H-pyrrole nitrogens is 1. The Bertz CT molecular complexity index is 864. The molecule has 0 unspecified atom stereocenters. The first-order valence-electron chi connectivity index (χ1n) is 7.21. The minimum atomic E-state index is -0.201. The number of thiophene rings is 1. The highest BCUT2D eigenvalue weighted by Gasteiger charge is 2.11. The summed E-state index contributed by atoms with van der Waals surface area (Å²) in [6.07, 6.45) is 0. The molecule has 1 amide bonds. The molecule has 7 heteroatoms. The fourth-order valence-corrected chi connectivity index (χ4v) is 3.04. The molecular formula is C16H17N3O3S. The van der Waals surface area contributed by atoms with Gasteiger partial charge in [0.15, 0.2) is 0 Å². The molecule has 120 valence electrons. The van der Waals surface area contributed by atoms with Crippen LogP contribution in [0.2, 0.25) is 0 Å². The molecule has 1 aromatic carbocycles. The molecule has 0 spiro atoms. The summed E-state index contributed by atoms with van der Waals surface area (Å²) in [6.45, 7) is 1.43. The van der Waals surface area contributed by atoms with Crippen molar-refractivity contribution in [1.29, 1.82) is 0 Å². The van der Waals surface area contributed by atoms with E-state index < -0.39 is 0 Å². The van der Waals surface area contributed by atoms with Gasteiger partial charge in [-0.15, -0.1) is 11.3 Å². The summed E-state index contributed by atoms with van der Waals surface area (Å²) in [5.74, 6) is -0.161. The number of carbonyl (C=O) groups is 1. The lowest BCUT2D eigenvalue weighted by Crippen LogP contribution is -2.22. The first-order valence-corrected chi connectivity index (χ1v) is 8.09. The summed E-state index contributed by atoms with van der Waals surface area (Å²) < 4.78 is 6.61. The van der Waals surface area contributed by atoms with Crippen molar-refractivity contribution >= 4 is 28.3 Å². The molecule has 2 aromatic heterocycles. The summed E-state index contributed by atoms with van der Waals surface area (Å²) >= 11 is 1.60. The van der Waals surface area contributed by atoms with Crippen LogP contribution in [0.25, 0.3) is 11.0 Å². The van der Waals surface area contributed by atoms with Gasteiger partial charge in [0.25, 0.3) is 5.91 Å². The number of imidazole rings is 1. The molecule has 0 atom stereocenters. The predicted octanol–water partition coefficient (Wildman–Crippen LogP) is 1.97. The molecule has 0 aliphatic carbocycles. The molecule has 0 saturated carbocycles. The van der Waals surface area contributed by atoms with Gasteiger partial charge < -0.3 is 15.0 Å². The lowest BCUT2D eigenvalue weighted by atomic mass is 10.2. The van der Waals surface area contributed by atoms with Gasteiger partial charge in [-0.3, -0.25) is 9.36 Å². The summed E-state index contributed by atoms with van der Waals surface area (Å²) in [7, 11) is 1.59. The molecule has 0 aliphatic rings. The molecule has 2 heterocycles. The van der Waals surface area contributed by atoms with Crippen molar-refractivity contribution in [3.63, 3.8) is 0 Å². The SMILES string of the molecule is COCCn1c(=O)[nH]c2cc(C(=O)NCc3cccs3)ccc21. The third-order valence-corrected chi connectivity index (χ3v) is 4.43. The Labute approximate surface area is 136 Å². The van der Waals surface area contributed by atoms with E-state index in [1.807, 2.05) is 17.5 Å². The van der Waals surface area contributed by atoms with E-state index in [0.29, 0.717) is 30.8 Å². The van der Waals surface area contributed by atoms with Crippen LogP contribution in [-0.2, 0) is 17.8 Å². The molecule has 0 bridgehead atoms. The second kappa shape index (κ2) is 6.80. The standard InChI is InChI=1S/C16H17N3O3S/c1-22-7-6-19-14-5-4-11(9-13(14)18-16(19)21)15(20)17-10-12-3-2-8-23-12/h2-5,8-9H,6-7,10H2,1H3,(H,17,20)(H,18,21). The van der Waals surface area contributed by atoms with Gasteiger partial charge in [0, 0.05) is 17.6 Å². The molecule has 6 nitrogen and oxygen atoms in total. The monoisotopic (exact) mass is 331 g/mol. The van der Waals surface area contributed by atoms with Gasteiger partial charge in [0.2, 0.25) is 0 Å². The van der Waals surface area contributed by atoms with Crippen LogP contribution in [0.15, 0.2) is 40.5 Å². The molecule has 3 rings (SSSR count). The zero-order chi connectivity index (χ0) is 16.2. The third-order valence-electron chi connectivity index (χ3n) is 3.56. The van der Waals surface area contributed by atoms with E-state index >= 15 is 0 Å². The number of fused-ring (bicyclic) bond motifs is 1. The number of aromatic amines is 1. The Balaban J connectivity index is 1.79. The Morgan fingerprint density at radius 2 is 2.26 bits per heavy atom. The zero-order valence-corrected chi connectivity index (χ0v) is 13.5. The highest BCUT2D eigenvalue weighted by atomic mass is 32.1. The number of nitrogens with one attached hydrogen (secondary N) is 2. The molecule has 0 radical (unpaired) electrons. The number of benzene rings is 1. The highest BCUT2D eigenvalue weighted by Crippen LogP contribution is 2.14. The lowest BCUT2D eigenvalue weighted by molar-refractivity contribution is 0.0951. The minimum absolute atomic E-state index is 0.161. The fraction of sp³-hybridized carbons (Fsp3) is 0.250. The summed E-state index contributed by atoms with van der Waals surface area (Å²) in [5.41, 5.74) is 1.74. The van der Waals surface area contributed by atoms with Gasteiger partial charge in [-0.2, -0.15) is 0 Å². The van der Waals surface area contributed by atoms with Crippen LogP contribution < -0.4 is 11.0 Å². The molecule has 3 aromatic rings. The van der Waals surface area contributed by atoms with Crippen molar-refractivity contribution < 1.29 is 9.53 Å². The maximum Gasteiger partial charge on any atom is 0.326 e. The maximum absolute atomic E-state index is 12.2. The average Bonchev–Trinajstić information content (AvgIpc) is 3.17. The van der Waals surface area contributed by atoms with Gasteiger partial charge in [0.1, 0.15) is 0 Å². The number of aromatic nitrogens is 2. The number of amides is 1. The van der Waals surface area contributed by atoms with E-state index in [9.17, 15) is 9.59 Å². The number of carbonyl (C=O) groups excluding carboxylic acids is 1. The zero-order valence-electron chi connectivity index (χ0n) is 12.7. The van der Waals surface area contributed by atoms with Crippen molar-refractivity contribution in [1.82, 2.24) is 14.9 Å². The van der Waals surface area contributed by atoms with Crippen molar-refractivity contribution in [3.05, 3.63) is 56.6 Å². The molecule has 23 heavy (non-hydrogen) atoms. The number of ether oxygens (including phenoxy) is 1. The summed E-state index contributed by atoms with van der Waals surface area (Å²) in [4.78, 5) is 28.1. The first kappa shape index (κ1) is 15.5. The van der Waals surface area contributed by atoms with Crippen molar-refractivity contribution in [2.75, 3.05) is 13.7 Å². The maximum atomic E-state index is 12.2. The van der Waals surface area contributed by atoms with Crippen LogP contribution in [0, 0.1) is 0 Å². The summed E-state index contributed by atoms with van der Waals surface area (Å²) in [6, 6.07) is 9.13. The molecule has 0 fully saturated rings. The van der Waals surface area contributed by atoms with Crippen LogP contribution in [0.1, 0.15) is 15.2 Å². The molecule has 0 aliphatic heterocycles. The predicted molar refractivity (Wildman–Crippen MR) is 89.9 cm³/mol. The number of nitrogens with zero attached hydrogens (tertiary/aromatic N) is 1. The summed E-state index contributed by atoms with van der Waals surface area (Å²) in [5, 5.41) is 4.85. The van der Waals surface area contributed by atoms with Crippen LogP contribution >= 0.6 is 11.3 Å². The smallest absolute Gasteiger partial charge is 0.326 e. The van der Waals surface area contributed by atoms with Gasteiger partial charge >= 0.3 is 5.69 Å². The Morgan fingerprint density at radius 3 is 3.00 bits per heavy atom. The van der Waals surface area contributed by atoms with Gasteiger partial charge in [-0.05, 0) is 29.6 Å². The van der Waals surface area contributed by atoms with E-state index in [-0.39, 0.29) is 11.6 Å². The van der Waals surface area contributed by atoms with Gasteiger partial charge in [-0.25, -0.2) is 4.79 Å². The Morgan fingerprint density at radius 1 is 1.39 bits per heavy atom. The number of methoxy groups -OCH3 is 1. The van der Waals surface area contributed by atoms with E-state index in [0.717, 1.165) is 10.4 Å². The molecule has 0 saturated heterocycles. The van der Waals surface area contributed by atoms with Crippen molar-refractivity contribution in [2.45, 2.75) is 13.1 Å². The second-order valence-corrected chi connectivity index (χ2v) is 6.10. The van der Waals surface area contributed by atoms with Gasteiger partial charge in [-0.1, -0.05) is 6.07 Å². The molecular weight excluding hydrogens is 314 g/mol. The van der Waals surface area contributed by atoms with E-state index in [2.05, 4.69) is 10.3 Å². The highest BCUT2D eigenvalue weighted by molar-refractivity contribution is 7.09. The Kier molecular flexibility index (Phi) is 4.59. The van der Waals surface area contributed by atoms with Crippen molar-refractivity contribution in [3.8, 4) is 0 Å². The minimum Gasteiger partial charge on any atom is -0.383 e. The third kappa shape index (κ3) is 3.35. The number of hydrogen-bond donors (Lipinski definition) is 2.